The number of carbonyl (C=O) groups excluding carboxylic acids is 1. The van der Waals surface area contributed by atoms with E-state index in [1.165, 1.54) is 4.88 Å². The molecule has 1 saturated heterocycles. The van der Waals surface area contributed by atoms with Crippen molar-refractivity contribution in [2.24, 2.45) is 0 Å². The first-order valence-electron chi connectivity index (χ1n) is 11.3. The molecule has 0 spiro atoms. The van der Waals surface area contributed by atoms with Crippen LogP contribution in [0.25, 0.3) is 10.6 Å². The number of amides is 1. The van der Waals surface area contributed by atoms with Gasteiger partial charge in [-0.2, -0.15) is 0 Å². The van der Waals surface area contributed by atoms with Gasteiger partial charge in [-0.25, -0.2) is 4.98 Å². The summed E-state index contributed by atoms with van der Waals surface area (Å²) < 4.78 is 12.6. The maximum atomic E-state index is 12.7. The second-order valence-electron chi connectivity index (χ2n) is 10.3. The summed E-state index contributed by atoms with van der Waals surface area (Å²) in [6.45, 7) is 16.3. The molecule has 0 radical (unpaired) electrons. The summed E-state index contributed by atoms with van der Waals surface area (Å²) >= 11 is 1.69. The summed E-state index contributed by atoms with van der Waals surface area (Å²) in [7, 11) is 1.60. The lowest BCUT2D eigenvalue weighted by atomic mass is 9.75. The first kappa shape index (κ1) is 23.4. The average molecular weight is 455 g/mol. The van der Waals surface area contributed by atoms with E-state index >= 15 is 0 Å². The van der Waals surface area contributed by atoms with E-state index in [9.17, 15) is 4.79 Å². The highest BCUT2D eigenvalue weighted by Crippen LogP contribution is 2.38. The maximum absolute atomic E-state index is 12.7. The molecule has 2 aliphatic heterocycles. The third-order valence-corrected chi connectivity index (χ3v) is 8.30. The van der Waals surface area contributed by atoms with E-state index in [2.05, 4.69) is 65.5 Å². The lowest BCUT2D eigenvalue weighted by molar-refractivity contribution is -0.133. The Hall–Kier alpha value is -1.74. The number of benzene rings is 1. The first-order chi connectivity index (χ1) is 14.9. The fraction of sp³-hybridized carbons (Fsp3) is 0.583. The lowest BCUT2D eigenvalue weighted by Gasteiger charge is -2.32. The average Bonchev–Trinajstić information content (AvgIpc) is 3.31. The number of carbonyl (C=O) groups is 1. The fourth-order valence-corrected chi connectivity index (χ4v) is 5.11. The zero-order chi connectivity index (χ0) is 23.4. The molecule has 32 heavy (non-hydrogen) atoms. The molecule has 0 unspecified atom stereocenters. The van der Waals surface area contributed by atoms with Gasteiger partial charge in [0.05, 0.1) is 36.5 Å². The van der Waals surface area contributed by atoms with Crippen LogP contribution >= 0.6 is 11.3 Å². The van der Waals surface area contributed by atoms with E-state index < -0.39 is 7.12 Å². The highest BCUT2D eigenvalue weighted by molar-refractivity contribution is 7.15. The van der Waals surface area contributed by atoms with Crippen LogP contribution in [0.3, 0.4) is 0 Å². The minimum absolute atomic E-state index is 0.159. The molecular formula is C24H34BN3O3S. The van der Waals surface area contributed by atoms with Crippen LogP contribution in [0, 0.1) is 6.92 Å². The molecule has 1 aromatic carbocycles. The quantitative estimate of drug-likeness (QED) is 0.645. The Balaban J connectivity index is 1.52. The van der Waals surface area contributed by atoms with Crippen molar-refractivity contribution in [3.63, 3.8) is 0 Å². The van der Waals surface area contributed by atoms with Crippen LogP contribution in [0.1, 0.15) is 57.7 Å². The van der Waals surface area contributed by atoms with Crippen LogP contribution in [0.4, 0.5) is 0 Å². The zero-order valence-electron chi connectivity index (χ0n) is 20.5. The molecule has 2 aromatic rings. The molecule has 2 aliphatic rings. The number of nitrogens with zero attached hydrogens (tertiary/aromatic N) is 3. The molecule has 8 heteroatoms. The van der Waals surface area contributed by atoms with Crippen molar-refractivity contribution in [3.8, 4) is 10.6 Å². The summed E-state index contributed by atoms with van der Waals surface area (Å²) in [6, 6.07) is 6.58. The monoisotopic (exact) mass is 455 g/mol. The van der Waals surface area contributed by atoms with Crippen LogP contribution < -0.4 is 5.46 Å². The number of aromatic nitrogens is 1. The topological polar surface area (TPSA) is 54.9 Å². The predicted octanol–water partition coefficient (Wildman–Crippen LogP) is 3.60. The molecule has 0 N–H and O–H groups in total. The zero-order valence-corrected chi connectivity index (χ0v) is 21.3. The Bertz CT molecular complexity index is 994. The molecule has 172 valence electrons. The van der Waals surface area contributed by atoms with Crippen molar-refractivity contribution < 1.29 is 14.1 Å². The van der Waals surface area contributed by atoms with Gasteiger partial charge >= 0.3 is 7.12 Å². The smallest absolute Gasteiger partial charge is 0.399 e. The Morgan fingerprint density at radius 3 is 2.47 bits per heavy atom. The van der Waals surface area contributed by atoms with E-state index in [4.69, 9.17) is 14.3 Å². The molecule has 0 aliphatic carbocycles. The molecule has 1 amide bonds. The van der Waals surface area contributed by atoms with Gasteiger partial charge in [0.1, 0.15) is 5.01 Å². The van der Waals surface area contributed by atoms with E-state index in [1.54, 1.807) is 11.3 Å². The van der Waals surface area contributed by atoms with Gasteiger partial charge in [0.25, 0.3) is 0 Å². The van der Waals surface area contributed by atoms with E-state index in [1.807, 2.05) is 18.0 Å². The van der Waals surface area contributed by atoms with E-state index in [0.29, 0.717) is 25.7 Å². The van der Waals surface area contributed by atoms with Gasteiger partial charge in [0.2, 0.25) is 5.91 Å². The van der Waals surface area contributed by atoms with Gasteiger partial charge in [-0.3, -0.25) is 9.69 Å². The highest BCUT2D eigenvalue weighted by Gasteiger charge is 2.52. The summed E-state index contributed by atoms with van der Waals surface area (Å²) in [5, 5.41) is 0.997. The molecule has 0 saturated carbocycles. The molecule has 3 heterocycles. The largest absolute Gasteiger partial charge is 0.495 e. The molecule has 6 nitrogen and oxygen atoms in total. The lowest BCUT2D eigenvalue weighted by Crippen LogP contribution is -2.41. The van der Waals surface area contributed by atoms with Crippen LogP contribution in [0.15, 0.2) is 18.2 Å². The SMILES string of the molecule is Cc1c(B2OC(C)(C)C(C)(C)O2)cccc1-c1nc2c(s1)CN(C(=O)CN(C)C(C)C)C2. The Morgan fingerprint density at radius 2 is 1.88 bits per heavy atom. The second-order valence-corrected chi connectivity index (χ2v) is 11.3. The van der Waals surface area contributed by atoms with Gasteiger partial charge in [-0.1, -0.05) is 18.2 Å². The normalized spacial score (nSPS) is 19.3. The van der Waals surface area contributed by atoms with Crippen LogP contribution in [-0.4, -0.2) is 58.6 Å². The summed E-state index contributed by atoms with van der Waals surface area (Å²) in [5.74, 6) is 0.159. The minimum atomic E-state index is -0.391. The third-order valence-electron chi connectivity index (χ3n) is 7.19. The van der Waals surface area contributed by atoms with Gasteiger partial charge in [0, 0.05) is 16.5 Å². The van der Waals surface area contributed by atoms with Crippen LogP contribution in [0.5, 0.6) is 0 Å². The van der Waals surface area contributed by atoms with Crippen molar-refractivity contribution in [2.45, 2.75) is 78.8 Å². The summed E-state index contributed by atoms with van der Waals surface area (Å²) in [4.78, 5) is 22.7. The Labute approximate surface area is 196 Å². The standard InChI is InChI=1S/C24H34BN3O3S/c1-15(2)27(8)14-21(29)28-12-19-20(13-28)32-22(26-19)17-10-9-11-18(16(17)3)25-30-23(4,5)24(6,7)31-25/h9-11,15H,12-14H2,1-8H3. The number of rotatable bonds is 5. The van der Waals surface area contributed by atoms with Crippen LogP contribution in [0.2, 0.25) is 0 Å². The predicted molar refractivity (Wildman–Crippen MR) is 130 cm³/mol. The molecule has 1 fully saturated rings. The molecular weight excluding hydrogens is 421 g/mol. The fourth-order valence-electron chi connectivity index (χ4n) is 3.94. The third kappa shape index (κ3) is 4.14. The van der Waals surface area contributed by atoms with Gasteiger partial charge in [0.15, 0.2) is 0 Å². The maximum Gasteiger partial charge on any atom is 0.495 e. The molecule has 0 bridgehead atoms. The minimum Gasteiger partial charge on any atom is -0.399 e. The second kappa shape index (κ2) is 8.24. The van der Waals surface area contributed by atoms with Crippen molar-refractivity contribution in [1.82, 2.24) is 14.8 Å². The molecule has 1 aromatic heterocycles. The number of hydrogen-bond acceptors (Lipinski definition) is 6. The Kier molecular flexibility index (Phi) is 6.03. The van der Waals surface area contributed by atoms with Crippen LogP contribution in [-0.2, 0) is 27.2 Å². The van der Waals surface area contributed by atoms with Gasteiger partial charge in [-0.15, -0.1) is 11.3 Å². The summed E-state index contributed by atoms with van der Waals surface area (Å²) in [5.41, 5.74) is 3.56. The van der Waals surface area contributed by atoms with Gasteiger partial charge < -0.3 is 14.2 Å². The number of likely N-dealkylation sites (N-methyl/N-ethyl adjacent to an activating group) is 1. The number of hydrogen-bond donors (Lipinski definition) is 0. The molecule has 0 atom stereocenters. The van der Waals surface area contributed by atoms with Crippen molar-refractivity contribution in [3.05, 3.63) is 34.3 Å². The van der Waals surface area contributed by atoms with Gasteiger partial charge in [-0.05, 0) is 66.5 Å². The number of fused-ring (bicyclic) bond motifs is 1. The highest BCUT2D eigenvalue weighted by atomic mass is 32.1. The van der Waals surface area contributed by atoms with E-state index in [0.717, 1.165) is 27.3 Å². The van der Waals surface area contributed by atoms with Crippen molar-refractivity contribution >= 4 is 29.8 Å². The van der Waals surface area contributed by atoms with Crippen molar-refractivity contribution in [2.75, 3.05) is 13.6 Å². The Morgan fingerprint density at radius 1 is 1.22 bits per heavy atom. The molecule has 4 rings (SSSR count). The number of thiazole rings is 1. The summed E-state index contributed by atoms with van der Waals surface area (Å²) in [6.07, 6.45) is 0. The van der Waals surface area contributed by atoms with E-state index in [-0.39, 0.29) is 17.1 Å². The van der Waals surface area contributed by atoms with Crippen molar-refractivity contribution in [1.29, 1.82) is 0 Å². The first-order valence-corrected chi connectivity index (χ1v) is 12.1.